The van der Waals surface area contributed by atoms with Crippen molar-refractivity contribution in [2.24, 2.45) is 5.41 Å². The van der Waals surface area contributed by atoms with E-state index in [1.807, 2.05) is 7.11 Å². The zero-order valence-corrected chi connectivity index (χ0v) is 14.6. The second-order valence-electron chi connectivity index (χ2n) is 6.93. The SMILES string of the molecule is CCC1(SC#N)c2cc(C)ccc2CC12CCC(OC)CC2. The minimum absolute atomic E-state index is 0.0399. The zero-order chi connectivity index (χ0) is 15.8. The molecule has 22 heavy (non-hydrogen) atoms. The normalized spacial score (nSPS) is 33.6. The fourth-order valence-electron chi connectivity index (χ4n) is 4.85. The number of hydrogen-bond donors (Lipinski definition) is 0. The van der Waals surface area contributed by atoms with Crippen molar-refractivity contribution >= 4 is 11.8 Å². The maximum atomic E-state index is 9.52. The van der Waals surface area contributed by atoms with Gasteiger partial charge in [-0.3, -0.25) is 0 Å². The fourth-order valence-corrected chi connectivity index (χ4v) is 5.95. The molecule has 3 heteroatoms. The van der Waals surface area contributed by atoms with Crippen molar-refractivity contribution in [3.63, 3.8) is 0 Å². The smallest absolute Gasteiger partial charge is 0.134 e. The lowest BCUT2D eigenvalue weighted by Crippen LogP contribution is -2.43. The van der Waals surface area contributed by atoms with E-state index < -0.39 is 0 Å². The Morgan fingerprint density at radius 1 is 1.36 bits per heavy atom. The van der Waals surface area contributed by atoms with Gasteiger partial charge in [-0.2, -0.15) is 5.26 Å². The van der Waals surface area contributed by atoms with Gasteiger partial charge in [-0.05, 0) is 73.8 Å². The van der Waals surface area contributed by atoms with E-state index >= 15 is 0 Å². The van der Waals surface area contributed by atoms with Gasteiger partial charge in [-0.15, -0.1) is 0 Å². The average Bonchev–Trinajstić information content (AvgIpc) is 2.79. The van der Waals surface area contributed by atoms with Crippen molar-refractivity contribution in [2.45, 2.75) is 63.2 Å². The summed E-state index contributed by atoms with van der Waals surface area (Å²) < 4.78 is 5.54. The number of ether oxygens (including phenoxy) is 1. The first kappa shape index (κ1) is 15.9. The number of hydrogen-bond acceptors (Lipinski definition) is 3. The second-order valence-corrected chi connectivity index (χ2v) is 8.01. The van der Waals surface area contributed by atoms with Gasteiger partial charge in [0, 0.05) is 7.11 Å². The molecule has 1 unspecified atom stereocenters. The molecule has 2 aliphatic carbocycles. The van der Waals surface area contributed by atoms with Crippen molar-refractivity contribution in [1.82, 2.24) is 0 Å². The van der Waals surface area contributed by atoms with Crippen LogP contribution in [-0.2, 0) is 15.9 Å². The molecule has 1 atom stereocenters. The van der Waals surface area contributed by atoms with Gasteiger partial charge in [0.25, 0.3) is 0 Å². The van der Waals surface area contributed by atoms with E-state index in [0.717, 1.165) is 25.7 Å². The molecule has 0 aliphatic heterocycles. The summed E-state index contributed by atoms with van der Waals surface area (Å²) in [5.41, 5.74) is 4.43. The van der Waals surface area contributed by atoms with Crippen LogP contribution in [0.4, 0.5) is 0 Å². The Hall–Kier alpha value is -0.980. The van der Waals surface area contributed by atoms with E-state index in [4.69, 9.17) is 4.74 Å². The molecule has 1 aromatic rings. The number of thiocyanates is 1. The number of nitriles is 1. The highest BCUT2D eigenvalue weighted by atomic mass is 32.2. The number of fused-ring (bicyclic) bond motifs is 1. The van der Waals surface area contributed by atoms with Gasteiger partial charge in [0.2, 0.25) is 0 Å². The number of rotatable bonds is 3. The molecule has 118 valence electrons. The summed E-state index contributed by atoms with van der Waals surface area (Å²) in [6.07, 6.45) is 7.14. The van der Waals surface area contributed by atoms with Gasteiger partial charge >= 0.3 is 0 Å². The predicted molar refractivity (Wildman–Crippen MR) is 91.8 cm³/mol. The average molecular weight is 315 g/mol. The third-order valence-corrected chi connectivity index (χ3v) is 7.41. The molecule has 0 amide bonds. The van der Waals surface area contributed by atoms with Crippen LogP contribution in [0.1, 0.15) is 55.7 Å². The Balaban J connectivity index is 2.07. The summed E-state index contributed by atoms with van der Waals surface area (Å²) >= 11 is 1.52. The maximum Gasteiger partial charge on any atom is 0.134 e. The largest absolute Gasteiger partial charge is 0.381 e. The van der Waals surface area contributed by atoms with E-state index in [1.165, 1.54) is 41.3 Å². The molecule has 1 fully saturated rings. The van der Waals surface area contributed by atoms with E-state index in [0.29, 0.717) is 6.10 Å². The molecule has 0 saturated heterocycles. The van der Waals surface area contributed by atoms with Gasteiger partial charge in [-0.25, -0.2) is 0 Å². The first-order valence-corrected chi connectivity index (χ1v) is 9.12. The summed E-state index contributed by atoms with van der Waals surface area (Å²) in [7, 11) is 1.83. The highest BCUT2D eigenvalue weighted by Gasteiger charge is 2.58. The summed E-state index contributed by atoms with van der Waals surface area (Å²) in [6.45, 7) is 4.41. The Bertz CT molecular complexity index is 598. The fraction of sp³-hybridized carbons (Fsp3) is 0.632. The molecule has 3 rings (SSSR count). The molecule has 0 bridgehead atoms. The molecular weight excluding hydrogens is 290 g/mol. The van der Waals surface area contributed by atoms with E-state index in [-0.39, 0.29) is 10.2 Å². The third-order valence-electron chi connectivity index (χ3n) is 6.03. The molecule has 0 N–H and O–H groups in total. The van der Waals surface area contributed by atoms with Crippen molar-refractivity contribution in [3.8, 4) is 5.40 Å². The number of nitrogens with zero attached hydrogens (tertiary/aromatic N) is 1. The van der Waals surface area contributed by atoms with Crippen molar-refractivity contribution in [1.29, 1.82) is 5.26 Å². The Labute approximate surface area is 138 Å². The minimum Gasteiger partial charge on any atom is -0.381 e. The predicted octanol–water partition coefficient (Wildman–Crippen LogP) is 4.95. The number of benzene rings is 1. The molecule has 2 aliphatic rings. The lowest BCUT2D eigenvalue weighted by Gasteiger charge is -2.48. The highest BCUT2D eigenvalue weighted by Crippen LogP contribution is 2.65. The van der Waals surface area contributed by atoms with Gasteiger partial charge in [0.05, 0.1) is 10.9 Å². The van der Waals surface area contributed by atoms with Gasteiger partial charge in [-0.1, -0.05) is 30.7 Å². The molecule has 2 nitrogen and oxygen atoms in total. The van der Waals surface area contributed by atoms with Crippen LogP contribution < -0.4 is 0 Å². The maximum absolute atomic E-state index is 9.52. The van der Waals surface area contributed by atoms with E-state index in [9.17, 15) is 5.26 Å². The van der Waals surface area contributed by atoms with Crippen LogP contribution in [0.25, 0.3) is 0 Å². The van der Waals surface area contributed by atoms with Crippen LogP contribution >= 0.6 is 11.8 Å². The molecule has 1 aromatic carbocycles. The molecule has 0 aromatic heterocycles. The Morgan fingerprint density at radius 3 is 2.68 bits per heavy atom. The quantitative estimate of drug-likeness (QED) is 0.740. The monoisotopic (exact) mass is 315 g/mol. The van der Waals surface area contributed by atoms with Gasteiger partial charge in [0.1, 0.15) is 5.40 Å². The molecule has 1 saturated carbocycles. The number of methoxy groups -OCH3 is 1. The van der Waals surface area contributed by atoms with Crippen LogP contribution in [-0.4, -0.2) is 13.2 Å². The molecular formula is C19H25NOS. The van der Waals surface area contributed by atoms with Crippen LogP contribution in [0.5, 0.6) is 0 Å². The highest BCUT2D eigenvalue weighted by molar-refractivity contribution is 8.04. The van der Waals surface area contributed by atoms with Gasteiger partial charge in [0.15, 0.2) is 0 Å². The van der Waals surface area contributed by atoms with Crippen molar-refractivity contribution in [3.05, 3.63) is 34.9 Å². The number of thioether (sulfide) groups is 1. The first-order valence-electron chi connectivity index (χ1n) is 8.31. The summed E-state index contributed by atoms with van der Waals surface area (Å²) in [5.74, 6) is 0. The van der Waals surface area contributed by atoms with Crippen LogP contribution in [0.3, 0.4) is 0 Å². The van der Waals surface area contributed by atoms with Crippen LogP contribution in [0.15, 0.2) is 18.2 Å². The summed E-state index contributed by atoms with van der Waals surface area (Å²) in [4.78, 5) is 0. The minimum atomic E-state index is -0.0399. The Morgan fingerprint density at radius 2 is 2.09 bits per heavy atom. The third kappa shape index (κ3) is 2.20. The first-order chi connectivity index (χ1) is 10.6. The van der Waals surface area contributed by atoms with Crippen LogP contribution in [0, 0.1) is 23.0 Å². The topological polar surface area (TPSA) is 33.0 Å². The van der Waals surface area contributed by atoms with Crippen LogP contribution in [0.2, 0.25) is 0 Å². The Kier molecular flexibility index (Phi) is 4.27. The van der Waals surface area contributed by atoms with Crippen molar-refractivity contribution in [2.75, 3.05) is 7.11 Å². The van der Waals surface area contributed by atoms with Gasteiger partial charge < -0.3 is 4.74 Å². The lowest BCUT2D eigenvalue weighted by molar-refractivity contribution is 0.0138. The molecule has 0 heterocycles. The van der Waals surface area contributed by atoms with E-state index in [1.54, 1.807) is 0 Å². The zero-order valence-electron chi connectivity index (χ0n) is 13.8. The van der Waals surface area contributed by atoms with Crippen molar-refractivity contribution < 1.29 is 4.74 Å². The molecule has 1 spiro atoms. The summed E-state index contributed by atoms with van der Waals surface area (Å²) in [5, 5.41) is 12.0. The second kappa shape index (κ2) is 5.91. The summed E-state index contributed by atoms with van der Waals surface area (Å²) in [6, 6.07) is 6.85. The standard InChI is InChI=1S/C19H25NOS/c1-4-19(22-13-20)17-11-14(2)5-6-15(17)12-18(19)9-7-16(21-3)8-10-18/h5-6,11,16H,4,7-10,12H2,1-3H3. The van der Waals surface area contributed by atoms with E-state index in [2.05, 4.69) is 37.4 Å². The molecule has 0 radical (unpaired) electrons. The lowest BCUT2D eigenvalue weighted by atomic mass is 9.64. The number of aryl methyl sites for hydroxylation is 1.